The minimum Gasteiger partial charge on any atom is -0.381 e. The van der Waals surface area contributed by atoms with E-state index in [1.807, 2.05) is 50.2 Å². The Morgan fingerprint density at radius 1 is 1.27 bits per heavy atom. The normalized spacial score (nSPS) is 17.1. The number of nitrogens with zero attached hydrogens (tertiary/aromatic N) is 1. The second-order valence-corrected chi connectivity index (χ2v) is 3.85. The number of anilines is 1. The van der Waals surface area contributed by atoms with Crippen molar-refractivity contribution in [3.05, 3.63) is 35.5 Å². The van der Waals surface area contributed by atoms with Gasteiger partial charge < -0.3 is 10.2 Å². The van der Waals surface area contributed by atoms with E-state index in [1.165, 1.54) is 0 Å². The summed E-state index contributed by atoms with van der Waals surface area (Å²) in [6, 6.07) is 7.76. The highest BCUT2D eigenvalue weighted by molar-refractivity contribution is 6.32. The second kappa shape index (κ2) is 3.42. The van der Waals surface area contributed by atoms with Gasteiger partial charge in [-0.2, -0.15) is 0 Å². The molecule has 1 aromatic rings. The first-order chi connectivity index (χ1) is 7.11. The molecule has 3 nitrogen and oxygen atoms in total. The van der Waals surface area contributed by atoms with Crippen LogP contribution >= 0.6 is 0 Å². The predicted molar refractivity (Wildman–Crippen MR) is 61.4 cm³/mol. The molecular formula is C12H14N2O. The Morgan fingerprint density at radius 2 is 1.93 bits per heavy atom. The van der Waals surface area contributed by atoms with E-state index in [-0.39, 0.29) is 5.91 Å². The summed E-state index contributed by atoms with van der Waals surface area (Å²) in [5, 5.41) is 2.86. The van der Waals surface area contributed by atoms with Gasteiger partial charge in [0, 0.05) is 31.0 Å². The fraction of sp³-hybridized carbons (Fsp3) is 0.250. The van der Waals surface area contributed by atoms with Gasteiger partial charge in [-0.25, -0.2) is 0 Å². The lowest BCUT2D eigenvalue weighted by Crippen LogP contribution is -2.14. The quantitative estimate of drug-likeness (QED) is 0.706. The van der Waals surface area contributed by atoms with Gasteiger partial charge in [0.25, 0.3) is 5.91 Å². The van der Waals surface area contributed by atoms with Crippen molar-refractivity contribution in [3.63, 3.8) is 0 Å². The maximum atomic E-state index is 11.8. The van der Waals surface area contributed by atoms with Crippen LogP contribution < -0.4 is 5.32 Å². The number of rotatable bonds is 1. The summed E-state index contributed by atoms with van der Waals surface area (Å²) in [6.45, 7) is 1.96. The van der Waals surface area contributed by atoms with Crippen LogP contribution in [0.3, 0.4) is 0 Å². The number of hydrogen-bond donors (Lipinski definition) is 1. The molecule has 1 aliphatic heterocycles. The zero-order chi connectivity index (χ0) is 11.0. The molecule has 0 radical (unpaired) electrons. The molecule has 1 amide bonds. The van der Waals surface area contributed by atoms with Gasteiger partial charge in [-0.1, -0.05) is 18.2 Å². The smallest absolute Gasteiger partial charge is 0.258 e. The molecule has 0 saturated carbocycles. The lowest BCUT2D eigenvalue weighted by Gasteiger charge is -2.15. The van der Waals surface area contributed by atoms with Crippen LogP contribution in [0.2, 0.25) is 0 Å². The number of hydrogen-bond acceptors (Lipinski definition) is 2. The Kier molecular flexibility index (Phi) is 2.23. The highest BCUT2D eigenvalue weighted by Gasteiger charge is 2.25. The second-order valence-electron chi connectivity index (χ2n) is 3.85. The lowest BCUT2D eigenvalue weighted by atomic mass is 10.1. The van der Waals surface area contributed by atoms with E-state index in [0.717, 1.165) is 22.5 Å². The highest BCUT2D eigenvalue weighted by atomic mass is 16.2. The summed E-state index contributed by atoms with van der Waals surface area (Å²) in [7, 11) is 3.88. The Labute approximate surface area is 89.4 Å². The van der Waals surface area contributed by atoms with Crippen molar-refractivity contribution < 1.29 is 4.79 Å². The van der Waals surface area contributed by atoms with E-state index in [9.17, 15) is 4.79 Å². The molecule has 1 N–H and O–H groups in total. The number of fused-ring (bicyclic) bond motifs is 1. The van der Waals surface area contributed by atoms with Crippen molar-refractivity contribution in [2.75, 3.05) is 19.4 Å². The van der Waals surface area contributed by atoms with E-state index in [0.29, 0.717) is 0 Å². The van der Waals surface area contributed by atoms with Crippen LogP contribution in [0.5, 0.6) is 0 Å². The minimum atomic E-state index is -0.0117. The highest BCUT2D eigenvalue weighted by Crippen LogP contribution is 2.33. The summed E-state index contributed by atoms with van der Waals surface area (Å²) >= 11 is 0. The molecule has 0 spiro atoms. The van der Waals surface area contributed by atoms with Crippen molar-refractivity contribution in [2.24, 2.45) is 0 Å². The average Bonchev–Trinajstić information content (AvgIpc) is 2.52. The predicted octanol–water partition coefficient (Wildman–Crippen LogP) is 1.93. The van der Waals surface area contributed by atoms with Gasteiger partial charge in [-0.15, -0.1) is 0 Å². The van der Waals surface area contributed by atoms with Gasteiger partial charge in [0.15, 0.2) is 0 Å². The number of carbonyl (C=O) groups is 1. The number of para-hydroxylation sites is 1. The van der Waals surface area contributed by atoms with Gasteiger partial charge in [-0.3, -0.25) is 4.79 Å². The monoisotopic (exact) mass is 202 g/mol. The fourth-order valence-electron chi connectivity index (χ4n) is 1.70. The van der Waals surface area contributed by atoms with Crippen molar-refractivity contribution in [1.82, 2.24) is 4.90 Å². The number of allylic oxidation sites excluding steroid dienone is 1. The number of amides is 1. The molecule has 0 fully saturated rings. The van der Waals surface area contributed by atoms with Crippen LogP contribution in [0.1, 0.15) is 12.5 Å². The van der Waals surface area contributed by atoms with Crippen molar-refractivity contribution >= 4 is 17.2 Å². The lowest BCUT2D eigenvalue weighted by molar-refractivity contribution is -0.110. The molecule has 0 saturated heterocycles. The molecule has 0 atom stereocenters. The van der Waals surface area contributed by atoms with Gasteiger partial charge >= 0.3 is 0 Å². The summed E-state index contributed by atoms with van der Waals surface area (Å²) in [4.78, 5) is 13.7. The Hall–Kier alpha value is -1.77. The molecule has 1 aliphatic rings. The van der Waals surface area contributed by atoms with Crippen LogP contribution in [0.25, 0.3) is 5.57 Å². The van der Waals surface area contributed by atoms with E-state index in [2.05, 4.69) is 5.32 Å². The van der Waals surface area contributed by atoms with Crippen LogP contribution in [-0.2, 0) is 4.79 Å². The zero-order valence-corrected chi connectivity index (χ0v) is 9.16. The standard InChI is InChI=1S/C12H14N2O/c1-8(14(2)3)11-9-6-4-5-7-10(9)13-12(11)15/h4-7H,1-3H3,(H,13,15)/b11-8-. The molecule has 0 unspecified atom stereocenters. The average molecular weight is 202 g/mol. The number of carbonyl (C=O) groups excluding carboxylic acids is 1. The van der Waals surface area contributed by atoms with Crippen molar-refractivity contribution in [3.8, 4) is 0 Å². The van der Waals surface area contributed by atoms with Gasteiger partial charge in [0.2, 0.25) is 0 Å². The zero-order valence-electron chi connectivity index (χ0n) is 9.16. The molecular weight excluding hydrogens is 188 g/mol. The molecule has 1 heterocycles. The SMILES string of the molecule is C/C(=C1/C(=O)Nc2ccccc21)N(C)C. The van der Waals surface area contributed by atoms with Crippen molar-refractivity contribution in [2.45, 2.75) is 6.92 Å². The van der Waals surface area contributed by atoms with E-state index in [1.54, 1.807) is 0 Å². The van der Waals surface area contributed by atoms with Crippen LogP contribution in [-0.4, -0.2) is 24.9 Å². The largest absolute Gasteiger partial charge is 0.381 e. The Morgan fingerprint density at radius 3 is 2.60 bits per heavy atom. The van der Waals surface area contributed by atoms with Gasteiger partial charge in [0.1, 0.15) is 0 Å². The third-order valence-corrected chi connectivity index (χ3v) is 2.70. The van der Waals surface area contributed by atoms with Gasteiger partial charge in [-0.05, 0) is 13.0 Å². The molecule has 15 heavy (non-hydrogen) atoms. The molecule has 0 aromatic heterocycles. The molecule has 2 rings (SSSR count). The fourth-order valence-corrected chi connectivity index (χ4v) is 1.70. The van der Waals surface area contributed by atoms with Crippen LogP contribution in [0.15, 0.2) is 30.0 Å². The third kappa shape index (κ3) is 1.50. The first-order valence-corrected chi connectivity index (χ1v) is 4.90. The number of nitrogens with one attached hydrogen (secondary N) is 1. The summed E-state index contributed by atoms with van der Waals surface area (Å²) < 4.78 is 0. The van der Waals surface area contributed by atoms with E-state index >= 15 is 0 Å². The number of benzene rings is 1. The first kappa shape index (κ1) is 9.77. The van der Waals surface area contributed by atoms with E-state index in [4.69, 9.17) is 0 Å². The third-order valence-electron chi connectivity index (χ3n) is 2.70. The maximum Gasteiger partial charge on any atom is 0.258 e. The first-order valence-electron chi connectivity index (χ1n) is 4.90. The minimum absolute atomic E-state index is 0.0117. The molecule has 0 aliphatic carbocycles. The molecule has 0 bridgehead atoms. The van der Waals surface area contributed by atoms with Crippen molar-refractivity contribution in [1.29, 1.82) is 0 Å². The summed E-state index contributed by atoms with van der Waals surface area (Å²) in [5.74, 6) is -0.0117. The van der Waals surface area contributed by atoms with Crippen LogP contribution in [0, 0.1) is 0 Å². The summed E-state index contributed by atoms with van der Waals surface area (Å²) in [5.41, 5.74) is 3.65. The summed E-state index contributed by atoms with van der Waals surface area (Å²) in [6.07, 6.45) is 0. The molecule has 1 aromatic carbocycles. The maximum absolute atomic E-state index is 11.8. The van der Waals surface area contributed by atoms with E-state index < -0.39 is 0 Å². The topological polar surface area (TPSA) is 32.3 Å². The Bertz CT molecular complexity index is 447. The van der Waals surface area contributed by atoms with Crippen LogP contribution in [0.4, 0.5) is 5.69 Å². The molecule has 3 heteroatoms. The Balaban J connectivity index is 2.60. The molecule has 78 valence electrons. The van der Waals surface area contributed by atoms with Gasteiger partial charge in [0.05, 0.1) is 5.57 Å².